The molecule has 0 saturated carbocycles. The van der Waals surface area contributed by atoms with E-state index in [1.54, 1.807) is 0 Å². The third-order valence-corrected chi connectivity index (χ3v) is 2.76. The molecule has 0 spiro atoms. The Morgan fingerprint density at radius 3 is 2.83 bits per heavy atom. The molecule has 0 amide bonds. The average Bonchev–Trinajstić information content (AvgIpc) is 2.47. The van der Waals surface area contributed by atoms with Crippen molar-refractivity contribution in [3.63, 3.8) is 0 Å². The summed E-state index contributed by atoms with van der Waals surface area (Å²) in [6.07, 6.45) is 3.98. The number of nitrogens with zero attached hydrogens (tertiary/aromatic N) is 1. The molecule has 0 aromatic carbocycles. The van der Waals surface area contributed by atoms with Gasteiger partial charge in [0.05, 0.1) is 0 Å². The van der Waals surface area contributed by atoms with Gasteiger partial charge in [0.1, 0.15) is 0 Å². The molecule has 0 aromatic heterocycles. The average molecular weight is 170 g/mol. The van der Waals surface area contributed by atoms with Crippen LogP contribution in [-0.4, -0.2) is 30.6 Å². The maximum atomic E-state index is 5.69. The zero-order chi connectivity index (χ0) is 8.97. The van der Waals surface area contributed by atoms with Gasteiger partial charge in [-0.3, -0.25) is 4.90 Å². The topological polar surface area (TPSA) is 29.3 Å². The van der Waals surface area contributed by atoms with E-state index < -0.39 is 0 Å². The molecule has 1 heterocycles. The summed E-state index contributed by atoms with van der Waals surface area (Å²) in [6, 6.07) is 0.684. The molecule has 0 radical (unpaired) electrons. The van der Waals surface area contributed by atoms with Gasteiger partial charge in [-0.15, -0.1) is 0 Å². The van der Waals surface area contributed by atoms with Crippen molar-refractivity contribution in [3.05, 3.63) is 0 Å². The van der Waals surface area contributed by atoms with Gasteiger partial charge in [-0.2, -0.15) is 0 Å². The third-order valence-electron chi connectivity index (χ3n) is 2.76. The molecule has 1 aliphatic heterocycles. The van der Waals surface area contributed by atoms with Crippen molar-refractivity contribution in [2.75, 3.05) is 19.6 Å². The normalized spacial score (nSPS) is 25.5. The third kappa shape index (κ3) is 2.76. The van der Waals surface area contributed by atoms with Crippen LogP contribution >= 0.6 is 0 Å². The lowest BCUT2D eigenvalue weighted by atomic mass is 10.1. The van der Waals surface area contributed by atoms with E-state index in [4.69, 9.17) is 5.73 Å². The SMILES string of the molecule is CC(C)CCN1CCC[C@@H]1CN. The Bertz CT molecular complexity index is 123. The second kappa shape index (κ2) is 4.83. The van der Waals surface area contributed by atoms with Crippen LogP contribution in [0, 0.1) is 5.92 Å². The Kier molecular flexibility index (Phi) is 4.02. The van der Waals surface area contributed by atoms with Crippen LogP contribution in [0.4, 0.5) is 0 Å². The molecule has 2 nitrogen and oxygen atoms in total. The fourth-order valence-electron chi connectivity index (χ4n) is 1.88. The second-order valence-electron chi connectivity index (χ2n) is 4.25. The van der Waals surface area contributed by atoms with Crippen molar-refractivity contribution in [2.45, 2.75) is 39.2 Å². The molecule has 0 aliphatic carbocycles. The van der Waals surface area contributed by atoms with Gasteiger partial charge in [-0.05, 0) is 38.3 Å². The molecule has 72 valence electrons. The van der Waals surface area contributed by atoms with Crippen molar-refractivity contribution in [1.82, 2.24) is 4.90 Å². The quantitative estimate of drug-likeness (QED) is 0.692. The summed E-state index contributed by atoms with van der Waals surface area (Å²) in [7, 11) is 0. The fraction of sp³-hybridized carbons (Fsp3) is 1.00. The highest BCUT2D eigenvalue weighted by Gasteiger charge is 2.22. The minimum absolute atomic E-state index is 0.684. The van der Waals surface area contributed by atoms with Crippen molar-refractivity contribution in [3.8, 4) is 0 Å². The molecular formula is C10H22N2. The molecule has 0 aromatic rings. The first kappa shape index (κ1) is 10.0. The van der Waals surface area contributed by atoms with E-state index in [2.05, 4.69) is 18.7 Å². The molecule has 1 aliphatic rings. The monoisotopic (exact) mass is 170 g/mol. The van der Waals surface area contributed by atoms with Crippen LogP contribution in [0.25, 0.3) is 0 Å². The number of hydrogen-bond donors (Lipinski definition) is 1. The summed E-state index contributed by atoms with van der Waals surface area (Å²) >= 11 is 0. The highest BCUT2D eigenvalue weighted by Crippen LogP contribution is 2.17. The summed E-state index contributed by atoms with van der Waals surface area (Å²) in [4.78, 5) is 2.56. The first-order valence-corrected chi connectivity index (χ1v) is 5.18. The van der Waals surface area contributed by atoms with Gasteiger partial charge < -0.3 is 5.73 Å². The lowest BCUT2D eigenvalue weighted by molar-refractivity contribution is 0.244. The minimum Gasteiger partial charge on any atom is -0.329 e. The molecule has 1 saturated heterocycles. The van der Waals surface area contributed by atoms with E-state index >= 15 is 0 Å². The van der Waals surface area contributed by atoms with Crippen LogP contribution in [0.1, 0.15) is 33.1 Å². The zero-order valence-electron chi connectivity index (χ0n) is 8.42. The van der Waals surface area contributed by atoms with Gasteiger partial charge in [-0.1, -0.05) is 13.8 Å². The lowest BCUT2D eigenvalue weighted by Crippen LogP contribution is -2.36. The summed E-state index contributed by atoms with van der Waals surface area (Å²) < 4.78 is 0. The molecule has 1 atom stereocenters. The molecule has 0 unspecified atom stereocenters. The predicted octanol–water partition coefficient (Wildman–Crippen LogP) is 1.46. The van der Waals surface area contributed by atoms with Crippen LogP contribution in [0.15, 0.2) is 0 Å². The van der Waals surface area contributed by atoms with E-state index in [0.717, 1.165) is 12.5 Å². The van der Waals surface area contributed by atoms with Gasteiger partial charge in [-0.25, -0.2) is 0 Å². The maximum absolute atomic E-state index is 5.69. The van der Waals surface area contributed by atoms with E-state index in [1.165, 1.54) is 32.4 Å². The van der Waals surface area contributed by atoms with Crippen LogP contribution in [-0.2, 0) is 0 Å². The van der Waals surface area contributed by atoms with Crippen molar-refractivity contribution in [1.29, 1.82) is 0 Å². The van der Waals surface area contributed by atoms with E-state index in [1.807, 2.05) is 0 Å². The van der Waals surface area contributed by atoms with Crippen LogP contribution in [0.5, 0.6) is 0 Å². The highest BCUT2D eigenvalue weighted by molar-refractivity contribution is 4.79. The van der Waals surface area contributed by atoms with E-state index in [-0.39, 0.29) is 0 Å². The number of likely N-dealkylation sites (tertiary alicyclic amines) is 1. The van der Waals surface area contributed by atoms with E-state index in [0.29, 0.717) is 6.04 Å². The highest BCUT2D eigenvalue weighted by atomic mass is 15.2. The number of hydrogen-bond acceptors (Lipinski definition) is 2. The minimum atomic E-state index is 0.684. The Labute approximate surface area is 76.1 Å². The Morgan fingerprint density at radius 2 is 2.25 bits per heavy atom. The van der Waals surface area contributed by atoms with Gasteiger partial charge >= 0.3 is 0 Å². The van der Waals surface area contributed by atoms with Crippen LogP contribution in [0.3, 0.4) is 0 Å². The predicted molar refractivity (Wildman–Crippen MR) is 53.1 cm³/mol. The van der Waals surface area contributed by atoms with Gasteiger partial charge in [0.15, 0.2) is 0 Å². The fourth-order valence-corrected chi connectivity index (χ4v) is 1.88. The molecular weight excluding hydrogens is 148 g/mol. The van der Waals surface area contributed by atoms with Crippen molar-refractivity contribution in [2.24, 2.45) is 11.7 Å². The molecule has 0 bridgehead atoms. The first-order valence-electron chi connectivity index (χ1n) is 5.18. The molecule has 2 heteroatoms. The Balaban J connectivity index is 2.21. The maximum Gasteiger partial charge on any atom is 0.0218 e. The van der Waals surface area contributed by atoms with Crippen LogP contribution in [0.2, 0.25) is 0 Å². The van der Waals surface area contributed by atoms with Gasteiger partial charge in [0.25, 0.3) is 0 Å². The molecule has 1 fully saturated rings. The molecule has 2 N–H and O–H groups in total. The zero-order valence-corrected chi connectivity index (χ0v) is 8.42. The first-order chi connectivity index (χ1) is 5.74. The largest absolute Gasteiger partial charge is 0.329 e. The van der Waals surface area contributed by atoms with Crippen molar-refractivity contribution < 1.29 is 0 Å². The van der Waals surface area contributed by atoms with Gasteiger partial charge in [0.2, 0.25) is 0 Å². The summed E-state index contributed by atoms with van der Waals surface area (Å²) in [5.74, 6) is 0.823. The summed E-state index contributed by atoms with van der Waals surface area (Å²) in [6.45, 7) is 7.94. The number of rotatable bonds is 4. The van der Waals surface area contributed by atoms with E-state index in [9.17, 15) is 0 Å². The molecule has 12 heavy (non-hydrogen) atoms. The smallest absolute Gasteiger partial charge is 0.0218 e. The summed E-state index contributed by atoms with van der Waals surface area (Å²) in [5, 5.41) is 0. The second-order valence-corrected chi connectivity index (χ2v) is 4.25. The standard InChI is InChI=1S/C10H22N2/c1-9(2)5-7-12-6-3-4-10(12)8-11/h9-10H,3-8,11H2,1-2H3/t10-/m1/s1. The Morgan fingerprint density at radius 1 is 1.50 bits per heavy atom. The van der Waals surface area contributed by atoms with Crippen molar-refractivity contribution >= 4 is 0 Å². The van der Waals surface area contributed by atoms with Gasteiger partial charge in [0, 0.05) is 12.6 Å². The van der Waals surface area contributed by atoms with Crippen LogP contribution < -0.4 is 5.73 Å². The molecule has 1 rings (SSSR count). The number of nitrogens with two attached hydrogens (primary N) is 1. The summed E-state index contributed by atoms with van der Waals surface area (Å²) in [5.41, 5.74) is 5.69. The lowest BCUT2D eigenvalue weighted by Gasteiger charge is -2.23. The Hall–Kier alpha value is -0.0800.